The van der Waals surface area contributed by atoms with Gasteiger partial charge in [0.1, 0.15) is 0 Å². The summed E-state index contributed by atoms with van der Waals surface area (Å²) in [5.74, 6) is 1.81. The van der Waals surface area contributed by atoms with Crippen LogP contribution >= 0.6 is 0 Å². The predicted molar refractivity (Wildman–Crippen MR) is 149 cm³/mol. The van der Waals surface area contributed by atoms with Gasteiger partial charge in [0, 0.05) is 24.3 Å². The highest BCUT2D eigenvalue weighted by Gasteiger charge is 2.26. The molecule has 1 aliphatic carbocycles. The van der Waals surface area contributed by atoms with E-state index in [1.54, 1.807) is 0 Å². The third kappa shape index (κ3) is 6.14. The van der Waals surface area contributed by atoms with Crippen LogP contribution in [0.2, 0.25) is 0 Å². The van der Waals surface area contributed by atoms with E-state index in [9.17, 15) is 4.79 Å². The summed E-state index contributed by atoms with van der Waals surface area (Å²) in [4.78, 5) is 15.5. The summed E-state index contributed by atoms with van der Waals surface area (Å²) in [6.45, 7) is 8.40. The lowest BCUT2D eigenvalue weighted by molar-refractivity contribution is 0.262. The molecule has 0 bridgehead atoms. The molecule has 1 saturated carbocycles. The van der Waals surface area contributed by atoms with Crippen molar-refractivity contribution in [2.24, 2.45) is 11.8 Å². The van der Waals surface area contributed by atoms with Crippen molar-refractivity contribution in [2.45, 2.75) is 33.6 Å². The molecule has 1 aromatic heterocycles. The van der Waals surface area contributed by atoms with E-state index in [0.717, 1.165) is 52.4 Å². The van der Waals surface area contributed by atoms with Gasteiger partial charge >= 0.3 is 6.03 Å². The van der Waals surface area contributed by atoms with E-state index in [0.29, 0.717) is 17.7 Å². The van der Waals surface area contributed by atoms with Crippen molar-refractivity contribution in [1.29, 1.82) is 0 Å². The molecule has 5 rings (SSSR count). The van der Waals surface area contributed by atoms with E-state index >= 15 is 0 Å². The number of H-pyrrole nitrogens is 1. The van der Waals surface area contributed by atoms with Gasteiger partial charge in [-0.15, -0.1) is 5.10 Å². The minimum atomic E-state index is -0.272. The van der Waals surface area contributed by atoms with Crippen molar-refractivity contribution in [3.8, 4) is 22.5 Å². The van der Waals surface area contributed by atoms with E-state index in [2.05, 4.69) is 62.1 Å². The Balaban J connectivity index is 1.51. The Morgan fingerprint density at radius 1 is 1.03 bits per heavy atom. The van der Waals surface area contributed by atoms with Gasteiger partial charge in [-0.2, -0.15) is 0 Å². The summed E-state index contributed by atoms with van der Waals surface area (Å²) in [7, 11) is 0. The largest absolute Gasteiger partial charge is 0.369 e. The number of aryl methyl sites for hydroxylation is 1. The number of nitrogens with zero attached hydrogens (tertiary/aromatic N) is 4. The Kier molecular flexibility index (Phi) is 7.16. The minimum absolute atomic E-state index is 0.272. The quantitative estimate of drug-likeness (QED) is 0.251. The summed E-state index contributed by atoms with van der Waals surface area (Å²) >= 11 is 0. The van der Waals surface area contributed by atoms with Gasteiger partial charge in [0.15, 0.2) is 5.82 Å². The second-order valence-corrected chi connectivity index (χ2v) is 10.2. The fraction of sp³-hybridized carbons (Fsp3) is 0.310. The lowest BCUT2D eigenvalue weighted by Crippen LogP contribution is -2.31. The van der Waals surface area contributed by atoms with Gasteiger partial charge in [-0.05, 0) is 77.4 Å². The Bertz CT molecular complexity index is 1340. The molecule has 0 radical (unpaired) electrons. The molecule has 3 N–H and O–H groups in total. The van der Waals surface area contributed by atoms with E-state index in [1.165, 1.54) is 12.8 Å². The zero-order chi connectivity index (χ0) is 25.8. The second kappa shape index (κ2) is 10.8. The number of hydrogen-bond donors (Lipinski definition) is 3. The molecule has 0 spiro atoms. The van der Waals surface area contributed by atoms with Crippen LogP contribution in [0.15, 0.2) is 66.7 Å². The highest BCUT2D eigenvalue weighted by Crippen LogP contribution is 2.38. The first kappa shape index (κ1) is 24.5. The van der Waals surface area contributed by atoms with E-state index in [1.807, 2.05) is 61.5 Å². The molecule has 0 atom stereocenters. The normalized spacial score (nSPS) is 13.0. The monoisotopic (exact) mass is 495 g/mol. The molecular formula is C29H33N7O. The van der Waals surface area contributed by atoms with Gasteiger partial charge in [0.2, 0.25) is 0 Å². The number of carbonyl (C=O) groups is 1. The highest BCUT2D eigenvalue weighted by atomic mass is 16.2. The maximum atomic E-state index is 13.1. The van der Waals surface area contributed by atoms with Crippen molar-refractivity contribution in [2.75, 3.05) is 28.6 Å². The molecule has 2 amide bonds. The summed E-state index contributed by atoms with van der Waals surface area (Å²) in [6.07, 6.45) is 2.53. The van der Waals surface area contributed by atoms with Gasteiger partial charge in [-0.3, -0.25) is 0 Å². The van der Waals surface area contributed by atoms with Crippen LogP contribution in [0.1, 0.15) is 32.3 Å². The molecule has 8 heteroatoms. The first-order valence-electron chi connectivity index (χ1n) is 12.8. The average molecular weight is 496 g/mol. The standard InChI is InChI=1S/C29H33N7O/c1-19(2)17-36(18-21-10-11-21)27-15-12-22(24-6-4-5-7-25(24)28-32-34-35-33-28)16-26(27)31-29(37)30-23-13-8-20(3)9-14-23/h4-9,12-16,19,21H,10-11,17-18H2,1-3H3,(H2,30,31,37)(H,32,33,34,35). The number of amides is 2. The van der Waals surface area contributed by atoms with E-state index in [-0.39, 0.29) is 6.03 Å². The summed E-state index contributed by atoms with van der Waals surface area (Å²) in [6, 6.07) is 21.8. The van der Waals surface area contributed by atoms with Crippen molar-refractivity contribution < 1.29 is 4.79 Å². The molecule has 0 unspecified atom stereocenters. The molecule has 37 heavy (non-hydrogen) atoms. The molecule has 4 aromatic rings. The number of hydrogen-bond acceptors (Lipinski definition) is 5. The zero-order valence-corrected chi connectivity index (χ0v) is 21.5. The van der Waals surface area contributed by atoms with Crippen LogP contribution in [0.4, 0.5) is 21.9 Å². The Hall–Kier alpha value is -4.20. The molecule has 0 aliphatic heterocycles. The minimum Gasteiger partial charge on any atom is -0.369 e. The summed E-state index contributed by atoms with van der Waals surface area (Å²) in [5.41, 5.74) is 6.54. The van der Waals surface area contributed by atoms with Crippen LogP contribution in [0, 0.1) is 18.8 Å². The smallest absolute Gasteiger partial charge is 0.323 e. The molecule has 1 aliphatic rings. The van der Waals surface area contributed by atoms with Crippen LogP contribution in [0.3, 0.4) is 0 Å². The van der Waals surface area contributed by atoms with Crippen LogP contribution in [0.25, 0.3) is 22.5 Å². The second-order valence-electron chi connectivity index (χ2n) is 10.2. The van der Waals surface area contributed by atoms with Crippen LogP contribution < -0.4 is 15.5 Å². The molecule has 1 heterocycles. The van der Waals surface area contributed by atoms with Gasteiger partial charge in [-0.25, -0.2) is 9.89 Å². The average Bonchev–Trinajstić information content (AvgIpc) is 3.53. The first-order valence-corrected chi connectivity index (χ1v) is 12.8. The Morgan fingerprint density at radius 2 is 1.78 bits per heavy atom. The number of rotatable bonds is 9. The fourth-order valence-corrected chi connectivity index (χ4v) is 4.54. The number of aromatic nitrogens is 4. The number of tetrazole rings is 1. The lowest BCUT2D eigenvalue weighted by Gasteiger charge is -2.29. The fourth-order valence-electron chi connectivity index (χ4n) is 4.54. The first-order chi connectivity index (χ1) is 18.0. The number of carbonyl (C=O) groups excluding carboxylic acids is 1. The van der Waals surface area contributed by atoms with Crippen molar-refractivity contribution in [3.05, 3.63) is 72.3 Å². The van der Waals surface area contributed by atoms with E-state index < -0.39 is 0 Å². The molecule has 190 valence electrons. The van der Waals surface area contributed by atoms with Gasteiger partial charge in [0.25, 0.3) is 0 Å². The topological polar surface area (TPSA) is 98.8 Å². The maximum absolute atomic E-state index is 13.1. The van der Waals surface area contributed by atoms with Gasteiger partial charge in [-0.1, -0.05) is 61.9 Å². The van der Waals surface area contributed by atoms with Gasteiger partial charge in [0.05, 0.1) is 11.4 Å². The third-order valence-corrected chi connectivity index (χ3v) is 6.49. The number of benzene rings is 3. The number of nitrogens with one attached hydrogen (secondary N) is 3. The number of anilines is 3. The predicted octanol–water partition coefficient (Wildman–Crippen LogP) is 6.36. The van der Waals surface area contributed by atoms with Crippen molar-refractivity contribution in [3.63, 3.8) is 0 Å². The van der Waals surface area contributed by atoms with Crippen molar-refractivity contribution in [1.82, 2.24) is 20.6 Å². The Morgan fingerprint density at radius 3 is 2.46 bits per heavy atom. The van der Waals surface area contributed by atoms with Crippen LogP contribution in [-0.4, -0.2) is 39.7 Å². The maximum Gasteiger partial charge on any atom is 0.323 e. The SMILES string of the molecule is Cc1ccc(NC(=O)Nc2cc(-c3ccccc3-c3nnn[nH]3)ccc2N(CC(C)C)CC2CC2)cc1. The molecule has 3 aromatic carbocycles. The Labute approximate surface area is 217 Å². The third-order valence-electron chi connectivity index (χ3n) is 6.49. The molecule has 0 saturated heterocycles. The summed E-state index contributed by atoms with van der Waals surface area (Å²) < 4.78 is 0. The highest BCUT2D eigenvalue weighted by molar-refractivity contribution is 6.02. The lowest BCUT2D eigenvalue weighted by atomic mass is 9.98. The molecule has 8 nitrogen and oxygen atoms in total. The van der Waals surface area contributed by atoms with Crippen molar-refractivity contribution >= 4 is 23.1 Å². The number of aromatic amines is 1. The summed E-state index contributed by atoms with van der Waals surface area (Å²) in [5, 5.41) is 20.6. The van der Waals surface area contributed by atoms with Gasteiger partial charge < -0.3 is 15.5 Å². The van der Waals surface area contributed by atoms with E-state index in [4.69, 9.17) is 0 Å². The van der Waals surface area contributed by atoms with Crippen LogP contribution in [-0.2, 0) is 0 Å². The molecular weight excluding hydrogens is 462 g/mol. The molecule has 1 fully saturated rings. The van der Waals surface area contributed by atoms with Crippen LogP contribution in [0.5, 0.6) is 0 Å². The zero-order valence-electron chi connectivity index (χ0n) is 21.5. The number of urea groups is 1.